The van der Waals surface area contributed by atoms with Gasteiger partial charge in [-0.1, -0.05) is 33.7 Å². The number of hydrogen-bond acceptors (Lipinski definition) is 12. The highest BCUT2D eigenvalue weighted by Crippen LogP contribution is 2.29. The maximum absolute atomic E-state index is 11.9. The minimum Gasteiger partial charge on any atom is -0.448 e. The van der Waals surface area contributed by atoms with Crippen molar-refractivity contribution in [2.45, 2.75) is 10.1 Å². The van der Waals surface area contributed by atoms with Crippen molar-refractivity contribution < 1.29 is 14.6 Å². The number of carbonyl (C=O) groups excluding carboxylic acids is 1. The second-order valence-corrected chi connectivity index (χ2v) is 16.4. The summed E-state index contributed by atoms with van der Waals surface area (Å²) in [5, 5.41) is 13.1. The molecule has 0 saturated heterocycles. The van der Waals surface area contributed by atoms with Gasteiger partial charge in [-0.05, 0) is 94.4 Å². The number of aliphatic hydroxyl groups is 1. The predicted octanol–water partition coefficient (Wildman–Crippen LogP) is 10.6. The van der Waals surface area contributed by atoms with Gasteiger partial charge in [0.05, 0.1) is 6.61 Å². The number of carbonyl (C=O) groups is 1. The van der Waals surface area contributed by atoms with Gasteiger partial charge >= 0.3 is 6.09 Å². The van der Waals surface area contributed by atoms with Crippen molar-refractivity contribution >= 4 is 143 Å². The van der Waals surface area contributed by atoms with Gasteiger partial charge in [0.2, 0.25) is 0 Å². The van der Waals surface area contributed by atoms with Crippen LogP contribution >= 0.6 is 114 Å². The summed E-state index contributed by atoms with van der Waals surface area (Å²) in [6, 6.07) is 26.8. The molecule has 1 amide bonds. The highest BCUT2D eigenvalue weighted by Gasteiger charge is 2.08. The quantitative estimate of drug-likeness (QED) is 0.0339. The van der Waals surface area contributed by atoms with Gasteiger partial charge in [0.1, 0.15) is 16.7 Å². The molecule has 0 fully saturated rings. The first kappa shape index (κ1) is 52.5. The topological polar surface area (TPSA) is 117 Å². The second kappa shape index (κ2) is 34.7. The average Bonchev–Trinajstić information content (AvgIpc) is 3.17. The number of nitrogens with one attached hydrogen (secondary N) is 1. The number of alkyl halides is 4. The Morgan fingerprint density at radius 3 is 1.54 bits per heavy atom. The summed E-state index contributed by atoms with van der Waals surface area (Å²) >= 11 is 23.1. The van der Waals surface area contributed by atoms with Crippen LogP contribution in [0, 0.1) is 0 Å². The van der Waals surface area contributed by atoms with E-state index in [-0.39, 0.29) is 31.4 Å². The van der Waals surface area contributed by atoms with E-state index in [4.69, 9.17) is 62.0 Å². The molecule has 0 aliphatic carbocycles. The number of pyridine rings is 2. The summed E-state index contributed by atoms with van der Waals surface area (Å²) in [6.45, 7) is 3.60. The zero-order valence-electron chi connectivity index (χ0n) is 29.3. The average molecular weight is 940 g/mol. The molecular formula is C35H46Cl6N6O3S4. The Morgan fingerprint density at radius 1 is 0.685 bits per heavy atom. The molecule has 2 aromatic heterocycles. The van der Waals surface area contributed by atoms with E-state index in [9.17, 15) is 4.79 Å². The van der Waals surface area contributed by atoms with E-state index in [2.05, 4.69) is 25.1 Å². The van der Waals surface area contributed by atoms with Gasteiger partial charge < -0.3 is 25.4 Å². The first-order valence-corrected chi connectivity index (χ1v) is 22.9. The van der Waals surface area contributed by atoms with Crippen LogP contribution in [0.15, 0.2) is 107 Å². The molecule has 2 heterocycles. The van der Waals surface area contributed by atoms with Gasteiger partial charge in [0.15, 0.2) is 0 Å². The summed E-state index contributed by atoms with van der Waals surface area (Å²) in [4.78, 5) is 24.4. The Morgan fingerprint density at radius 2 is 1.13 bits per heavy atom. The van der Waals surface area contributed by atoms with Crippen LogP contribution in [-0.4, -0.2) is 95.6 Å². The molecule has 4 aromatic rings. The summed E-state index contributed by atoms with van der Waals surface area (Å²) in [5.41, 5.74) is 9.17. The van der Waals surface area contributed by atoms with Gasteiger partial charge in [-0.2, -0.15) is 0 Å². The lowest BCUT2D eigenvalue weighted by molar-refractivity contribution is 0.169. The number of rotatable bonds is 20. The smallest absolute Gasteiger partial charge is 0.411 e. The van der Waals surface area contributed by atoms with Crippen LogP contribution in [0.1, 0.15) is 0 Å². The van der Waals surface area contributed by atoms with Crippen molar-refractivity contribution in [1.82, 2.24) is 9.97 Å². The molecule has 9 nitrogen and oxygen atoms in total. The summed E-state index contributed by atoms with van der Waals surface area (Å²) < 4.78 is 5.19. The number of amides is 1. The number of aromatic nitrogens is 2. The highest BCUT2D eigenvalue weighted by molar-refractivity contribution is 8.77. The minimum atomic E-state index is -0.468. The molecule has 54 heavy (non-hydrogen) atoms. The Hall–Kier alpha value is -1.49. The molecule has 4 N–H and O–H groups in total. The first-order chi connectivity index (χ1) is 25.4. The van der Waals surface area contributed by atoms with Crippen LogP contribution in [-0.2, 0) is 4.74 Å². The molecule has 0 spiro atoms. The molecule has 19 heteroatoms. The Labute approximate surface area is 367 Å². The van der Waals surface area contributed by atoms with Gasteiger partial charge in [-0.3, -0.25) is 5.32 Å². The van der Waals surface area contributed by atoms with Crippen LogP contribution in [0.25, 0.3) is 0 Å². The Bertz CT molecular complexity index is 1460. The maximum atomic E-state index is 11.9. The second-order valence-electron chi connectivity index (χ2n) is 10.00. The Balaban J connectivity index is 0.000000871. The fraction of sp³-hybridized carbons (Fsp3) is 0.343. The largest absolute Gasteiger partial charge is 0.448 e. The van der Waals surface area contributed by atoms with E-state index in [0.29, 0.717) is 41.6 Å². The number of anilines is 4. The number of aliphatic hydroxyl groups excluding tert-OH is 1. The van der Waals surface area contributed by atoms with Crippen LogP contribution in [0.3, 0.4) is 0 Å². The monoisotopic (exact) mass is 936 g/mol. The SMILES string of the molecule is Cl.Cl.Nc1ccc(N(CCCl)CCCl)cc1.O=C(Nc1ccc(N(CCCl)CCCl)cc1)OCCSSc1ccccn1.OCCSSc1ccccn1. The summed E-state index contributed by atoms with van der Waals surface area (Å²) in [7, 11) is 6.35. The molecule has 2 aromatic carbocycles. The molecule has 0 saturated carbocycles. The van der Waals surface area contributed by atoms with Crippen LogP contribution in [0.2, 0.25) is 0 Å². The van der Waals surface area contributed by atoms with E-state index < -0.39 is 6.09 Å². The zero-order chi connectivity index (χ0) is 37.7. The molecule has 0 unspecified atom stereocenters. The van der Waals surface area contributed by atoms with E-state index in [0.717, 1.165) is 59.0 Å². The number of halogens is 6. The molecule has 0 atom stereocenters. The lowest BCUT2D eigenvalue weighted by atomic mass is 10.2. The Kier molecular flexibility index (Phi) is 33.8. The molecular weight excluding hydrogens is 893 g/mol. The standard InChI is InChI=1S/C18H21Cl2N3O2S2.C10H14Cl2N2.C7H9NOS2.2ClH/c19-8-11-23(12-9-20)16-6-4-15(5-7-16)22-18(24)25-13-14-26-27-17-3-1-2-10-21-17;11-5-7-14(8-6-12)10-3-1-9(13)2-4-10;9-5-6-10-11-7-3-1-2-4-8-7;;/h1-7,10H,8-9,11-14H2,(H,22,24);1-4H,5-8,13H2;1-4,9H,5-6H2;2*1H. The zero-order valence-corrected chi connectivity index (χ0v) is 37.2. The summed E-state index contributed by atoms with van der Waals surface area (Å²) in [6.07, 6.45) is 3.05. The van der Waals surface area contributed by atoms with Crippen molar-refractivity contribution in [1.29, 1.82) is 0 Å². The third kappa shape index (κ3) is 24.2. The molecule has 0 aliphatic heterocycles. The molecule has 300 valence electrons. The van der Waals surface area contributed by atoms with Gasteiger partial charge in [-0.25, -0.2) is 14.8 Å². The highest BCUT2D eigenvalue weighted by atomic mass is 35.5. The lowest BCUT2D eigenvalue weighted by Gasteiger charge is -2.23. The lowest BCUT2D eigenvalue weighted by Crippen LogP contribution is -2.27. The van der Waals surface area contributed by atoms with Crippen LogP contribution < -0.4 is 20.9 Å². The van der Waals surface area contributed by atoms with Gasteiger partial charge in [-0.15, -0.1) is 71.2 Å². The normalized spacial score (nSPS) is 9.87. The first-order valence-electron chi connectivity index (χ1n) is 16.1. The van der Waals surface area contributed by atoms with Crippen molar-refractivity contribution in [3.63, 3.8) is 0 Å². The van der Waals surface area contributed by atoms with Gasteiger partial charge in [0, 0.05) is 96.3 Å². The van der Waals surface area contributed by atoms with Crippen LogP contribution in [0.5, 0.6) is 0 Å². The fourth-order valence-corrected chi connectivity index (χ4v) is 8.12. The van der Waals surface area contributed by atoms with E-state index in [1.807, 2.05) is 84.9 Å². The third-order valence-electron chi connectivity index (χ3n) is 6.29. The number of nitrogen functional groups attached to an aromatic ring is 1. The number of benzene rings is 2. The van der Waals surface area contributed by atoms with Crippen molar-refractivity contribution in [3.8, 4) is 0 Å². The van der Waals surface area contributed by atoms with E-state index in [1.165, 1.54) is 0 Å². The van der Waals surface area contributed by atoms with Crippen molar-refractivity contribution in [2.75, 3.05) is 95.3 Å². The molecule has 0 bridgehead atoms. The molecule has 0 radical (unpaired) electrons. The number of nitrogens with two attached hydrogens (primary N) is 1. The number of nitrogens with zero attached hydrogens (tertiary/aromatic N) is 4. The molecule has 0 aliphatic rings. The van der Waals surface area contributed by atoms with E-state index in [1.54, 1.807) is 55.6 Å². The van der Waals surface area contributed by atoms with Gasteiger partial charge in [0.25, 0.3) is 0 Å². The minimum absolute atomic E-state index is 0. The predicted molar refractivity (Wildman–Crippen MR) is 246 cm³/mol. The molecule has 4 rings (SSSR count). The number of ether oxygens (including phenoxy) is 1. The maximum Gasteiger partial charge on any atom is 0.411 e. The fourth-order valence-electron chi connectivity index (χ4n) is 3.95. The van der Waals surface area contributed by atoms with Crippen molar-refractivity contribution in [3.05, 3.63) is 97.3 Å². The van der Waals surface area contributed by atoms with Crippen molar-refractivity contribution in [2.24, 2.45) is 0 Å². The van der Waals surface area contributed by atoms with E-state index >= 15 is 0 Å². The number of hydrogen-bond donors (Lipinski definition) is 3. The summed E-state index contributed by atoms with van der Waals surface area (Å²) in [5.74, 6) is 3.68. The van der Waals surface area contributed by atoms with Crippen LogP contribution in [0.4, 0.5) is 27.5 Å². The third-order valence-corrected chi connectivity index (χ3v) is 11.4.